The van der Waals surface area contributed by atoms with E-state index in [0.29, 0.717) is 22.5 Å². The molecule has 2 aromatic heterocycles. The number of fused-ring (bicyclic) bond motifs is 3. The summed E-state index contributed by atoms with van der Waals surface area (Å²) in [6.07, 6.45) is 7.41. The predicted octanol–water partition coefficient (Wildman–Crippen LogP) is 5.70. The highest BCUT2D eigenvalue weighted by molar-refractivity contribution is 7.99. The fraction of sp³-hybridized carbons (Fsp3) is 0.381. The minimum atomic E-state index is -0.471. The Balaban J connectivity index is 1.54. The van der Waals surface area contributed by atoms with Crippen molar-refractivity contribution in [1.82, 2.24) is 15.2 Å². The molecule has 7 heteroatoms. The Morgan fingerprint density at radius 2 is 1.93 bits per heavy atom. The molecular formula is C21H24N4O2S. The Labute approximate surface area is 169 Å². The number of thioether (sulfide) groups is 1. The standard InChI is InChI=1S/C21H24N4O2S/c1-2-3-4-5-8-14-28-21-23-20-18(24-25-21)15-10-6-7-11-16(15)22-19(27-20)17-12-9-13-26-17/h6-7,9-13,19,22H,2-5,8,14H2,1H3. The normalized spacial score (nSPS) is 15.1. The van der Waals surface area contributed by atoms with E-state index in [-0.39, 0.29) is 0 Å². The zero-order chi connectivity index (χ0) is 19.2. The van der Waals surface area contributed by atoms with Gasteiger partial charge in [-0.1, -0.05) is 62.6 Å². The van der Waals surface area contributed by atoms with Crippen LogP contribution < -0.4 is 10.1 Å². The molecule has 1 atom stereocenters. The van der Waals surface area contributed by atoms with Crippen molar-refractivity contribution in [2.45, 2.75) is 50.4 Å². The Morgan fingerprint density at radius 1 is 1.04 bits per heavy atom. The molecule has 0 saturated heterocycles. The van der Waals surface area contributed by atoms with E-state index in [1.54, 1.807) is 18.0 Å². The third-order valence-corrected chi connectivity index (χ3v) is 5.54. The van der Waals surface area contributed by atoms with Gasteiger partial charge in [0.2, 0.25) is 17.3 Å². The molecule has 1 aromatic carbocycles. The minimum absolute atomic E-state index is 0.471. The Kier molecular flexibility index (Phi) is 6.11. The lowest BCUT2D eigenvalue weighted by molar-refractivity contribution is 0.195. The molecule has 0 spiro atoms. The van der Waals surface area contributed by atoms with Gasteiger partial charge in [-0.25, -0.2) is 0 Å². The van der Waals surface area contributed by atoms with Crippen molar-refractivity contribution < 1.29 is 9.15 Å². The number of para-hydroxylation sites is 1. The first-order chi connectivity index (χ1) is 13.8. The van der Waals surface area contributed by atoms with Gasteiger partial charge in [0.1, 0.15) is 0 Å². The van der Waals surface area contributed by atoms with Gasteiger partial charge in [0.25, 0.3) is 0 Å². The van der Waals surface area contributed by atoms with Crippen molar-refractivity contribution in [3.8, 4) is 17.1 Å². The SMILES string of the molecule is CCCCCCCSc1nnc2c(n1)OC(c1ccco1)Nc1ccccc1-2. The average molecular weight is 397 g/mol. The van der Waals surface area contributed by atoms with Gasteiger partial charge in [-0.2, -0.15) is 4.98 Å². The van der Waals surface area contributed by atoms with E-state index >= 15 is 0 Å². The number of aromatic nitrogens is 3. The van der Waals surface area contributed by atoms with Crippen LogP contribution in [0.2, 0.25) is 0 Å². The first-order valence-electron chi connectivity index (χ1n) is 9.78. The number of anilines is 1. The molecule has 1 aliphatic rings. The Morgan fingerprint density at radius 3 is 2.79 bits per heavy atom. The number of benzene rings is 1. The monoisotopic (exact) mass is 396 g/mol. The fourth-order valence-electron chi connectivity index (χ4n) is 3.15. The quantitative estimate of drug-likeness (QED) is 0.387. The van der Waals surface area contributed by atoms with Gasteiger partial charge < -0.3 is 14.5 Å². The maximum atomic E-state index is 6.15. The van der Waals surface area contributed by atoms with Crippen LogP contribution in [-0.4, -0.2) is 20.9 Å². The van der Waals surface area contributed by atoms with E-state index in [1.807, 2.05) is 36.4 Å². The average Bonchev–Trinajstić information content (AvgIpc) is 3.20. The molecule has 28 heavy (non-hydrogen) atoms. The van der Waals surface area contributed by atoms with E-state index in [1.165, 1.54) is 25.7 Å². The zero-order valence-electron chi connectivity index (χ0n) is 15.9. The Hall–Kier alpha value is -2.54. The topological polar surface area (TPSA) is 73.1 Å². The van der Waals surface area contributed by atoms with Gasteiger partial charge in [-0.05, 0) is 24.6 Å². The molecule has 1 N–H and O–H groups in total. The van der Waals surface area contributed by atoms with Gasteiger partial charge in [-0.15, -0.1) is 10.2 Å². The molecule has 0 bridgehead atoms. The van der Waals surface area contributed by atoms with E-state index in [2.05, 4.69) is 27.4 Å². The first kappa shape index (κ1) is 18.8. The molecule has 3 heterocycles. The molecule has 0 aliphatic carbocycles. The second-order valence-electron chi connectivity index (χ2n) is 6.71. The van der Waals surface area contributed by atoms with E-state index < -0.39 is 6.23 Å². The van der Waals surface area contributed by atoms with Crippen LogP contribution in [0.1, 0.15) is 51.0 Å². The van der Waals surface area contributed by atoms with Crippen molar-refractivity contribution in [3.05, 3.63) is 48.4 Å². The maximum absolute atomic E-state index is 6.15. The second-order valence-corrected chi connectivity index (χ2v) is 7.78. The summed E-state index contributed by atoms with van der Waals surface area (Å²) in [4.78, 5) is 4.65. The summed E-state index contributed by atoms with van der Waals surface area (Å²) in [6, 6.07) is 11.6. The zero-order valence-corrected chi connectivity index (χ0v) is 16.7. The van der Waals surface area contributed by atoms with Crippen LogP contribution in [0.3, 0.4) is 0 Å². The van der Waals surface area contributed by atoms with Crippen LogP contribution in [0.15, 0.2) is 52.2 Å². The van der Waals surface area contributed by atoms with Gasteiger partial charge in [0, 0.05) is 17.0 Å². The van der Waals surface area contributed by atoms with Crippen LogP contribution in [0, 0.1) is 0 Å². The summed E-state index contributed by atoms with van der Waals surface area (Å²) >= 11 is 1.63. The lowest BCUT2D eigenvalue weighted by Crippen LogP contribution is -2.16. The number of furan rings is 1. The van der Waals surface area contributed by atoms with Crippen molar-refractivity contribution in [1.29, 1.82) is 0 Å². The molecule has 0 amide bonds. The number of nitrogens with one attached hydrogen (secondary N) is 1. The van der Waals surface area contributed by atoms with Gasteiger partial charge in [0.15, 0.2) is 11.5 Å². The second kappa shape index (κ2) is 9.10. The number of nitrogens with zero attached hydrogens (tertiary/aromatic N) is 3. The molecule has 1 aliphatic heterocycles. The van der Waals surface area contributed by atoms with E-state index in [0.717, 1.165) is 23.4 Å². The van der Waals surface area contributed by atoms with Gasteiger partial charge >= 0.3 is 0 Å². The molecule has 6 nitrogen and oxygen atoms in total. The predicted molar refractivity (Wildman–Crippen MR) is 110 cm³/mol. The largest absolute Gasteiger partial charge is 0.463 e. The van der Waals surface area contributed by atoms with Crippen molar-refractivity contribution in [2.75, 3.05) is 11.1 Å². The molecule has 1 unspecified atom stereocenters. The number of unbranched alkanes of at least 4 members (excludes halogenated alkanes) is 4. The van der Waals surface area contributed by atoms with E-state index in [4.69, 9.17) is 9.15 Å². The van der Waals surface area contributed by atoms with Gasteiger partial charge in [0.05, 0.1) is 6.26 Å². The maximum Gasteiger partial charge on any atom is 0.247 e. The van der Waals surface area contributed by atoms with Crippen molar-refractivity contribution in [3.63, 3.8) is 0 Å². The van der Waals surface area contributed by atoms with Crippen LogP contribution in [-0.2, 0) is 0 Å². The Bertz CT molecular complexity index is 901. The summed E-state index contributed by atoms with van der Waals surface area (Å²) in [5.74, 6) is 2.15. The molecule has 146 valence electrons. The molecule has 0 fully saturated rings. The molecule has 0 radical (unpaired) electrons. The number of hydrogen-bond acceptors (Lipinski definition) is 7. The molecule has 4 rings (SSSR count). The summed E-state index contributed by atoms with van der Waals surface area (Å²) in [5.41, 5.74) is 2.47. The molecule has 3 aromatic rings. The molecular weight excluding hydrogens is 372 g/mol. The lowest BCUT2D eigenvalue weighted by atomic mass is 10.1. The molecule has 0 saturated carbocycles. The summed E-state index contributed by atoms with van der Waals surface area (Å²) in [6.45, 7) is 2.23. The van der Waals surface area contributed by atoms with Crippen LogP contribution >= 0.6 is 11.8 Å². The van der Waals surface area contributed by atoms with Crippen LogP contribution in [0.25, 0.3) is 11.3 Å². The summed E-state index contributed by atoms with van der Waals surface area (Å²) in [7, 11) is 0. The highest BCUT2D eigenvalue weighted by Crippen LogP contribution is 2.39. The van der Waals surface area contributed by atoms with Crippen molar-refractivity contribution >= 4 is 17.4 Å². The minimum Gasteiger partial charge on any atom is -0.463 e. The number of hydrogen-bond donors (Lipinski definition) is 1. The van der Waals surface area contributed by atoms with Crippen molar-refractivity contribution in [2.24, 2.45) is 0 Å². The number of ether oxygens (including phenoxy) is 1. The lowest BCUT2D eigenvalue weighted by Gasteiger charge is -2.16. The van der Waals surface area contributed by atoms with E-state index in [9.17, 15) is 0 Å². The number of rotatable bonds is 8. The fourth-order valence-corrected chi connectivity index (χ4v) is 3.92. The summed E-state index contributed by atoms with van der Waals surface area (Å²) in [5, 5.41) is 12.8. The highest BCUT2D eigenvalue weighted by Gasteiger charge is 2.27. The summed E-state index contributed by atoms with van der Waals surface area (Å²) < 4.78 is 11.7. The third kappa shape index (κ3) is 4.30. The highest BCUT2D eigenvalue weighted by atomic mass is 32.2. The third-order valence-electron chi connectivity index (χ3n) is 4.61. The van der Waals surface area contributed by atoms with Gasteiger partial charge in [-0.3, -0.25) is 0 Å². The van der Waals surface area contributed by atoms with Crippen LogP contribution in [0.5, 0.6) is 5.88 Å². The smallest absolute Gasteiger partial charge is 0.247 e. The first-order valence-corrected chi connectivity index (χ1v) is 10.8. The van der Waals surface area contributed by atoms with Crippen LogP contribution in [0.4, 0.5) is 5.69 Å².